The minimum Gasteiger partial charge on any atom is -0.477 e. The fraction of sp³-hybridized carbons (Fsp3) is 0.0833. The highest BCUT2D eigenvalue weighted by Crippen LogP contribution is 2.37. The number of carbonyl (C=O) groups is 1. The number of carboxylic acids is 1. The molecule has 1 N–H and O–H groups in total. The topological polar surface area (TPSA) is 62.5 Å². The van der Waals surface area contributed by atoms with Gasteiger partial charge in [-0.05, 0) is 47.5 Å². The number of aromatic nitrogens is 1. The van der Waals surface area contributed by atoms with Crippen molar-refractivity contribution in [3.05, 3.63) is 104 Å². The van der Waals surface area contributed by atoms with Gasteiger partial charge in [-0.25, -0.2) is 18.0 Å². The first-order valence-electron chi connectivity index (χ1n) is 9.84. The van der Waals surface area contributed by atoms with Gasteiger partial charge in [-0.15, -0.1) is 0 Å². The first-order valence-corrected chi connectivity index (χ1v) is 10.2. The number of nitrogens with zero attached hydrogens (tertiary/aromatic N) is 2. The number of fused-ring (bicyclic) bond motifs is 2. The van der Waals surface area contributed by atoms with Crippen molar-refractivity contribution in [2.75, 3.05) is 4.90 Å². The zero-order valence-electron chi connectivity index (χ0n) is 16.8. The molecule has 0 bridgehead atoms. The highest BCUT2D eigenvalue weighted by molar-refractivity contribution is 6.31. The Labute approximate surface area is 189 Å². The molecule has 1 aliphatic rings. The van der Waals surface area contributed by atoms with Crippen LogP contribution in [0.4, 0.5) is 18.9 Å². The van der Waals surface area contributed by atoms with Gasteiger partial charge in [0.25, 0.3) is 0 Å². The lowest BCUT2D eigenvalue weighted by molar-refractivity contribution is 0.0695. The monoisotopic (exact) mass is 470 g/mol. The van der Waals surface area contributed by atoms with Gasteiger partial charge in [0.2, 0.25) is 5.43 Å². The second-order valence-electron chi connectivity index (χ2n) is 7.67. The number of anilines is 1. The lowest BCUT2D eigenvalue weighted by Crippen LogP contribution is -2.22. The van der Waals surface area contributed by atoms with Crippen LogP contribution in [0.1, 0.15) is 21.5 Å². The first-order chi connectivity index (χ1) is 15.8. The van der Waals surface area contributed by atoms with Crippen LogP contribution in [0.5, 0.6) is 0 Å². The summed E-state index contributed by atoms with van der Waals surface area (Å²) >= 11 is 6.24. The molecular weight excluding hydrogens is 457 g/mol. The molecule has 0 spiro atoms. The van der Waals surface area contributed by atoms with Crippen LogP contribution in [0.25, 0.3) is 16.6 Å². The molecule has 0 radical (unpaired) electrons. The second kappa shape index (κ2) is 7.67. The van der Waals surface area contributed by atoms with E-state index in [2.05, 4.69) is 0 Å². The molecule has 5 nitrogen and oxygen atoms in total. The number of pyridine rings is 1. The minimum atomic E-state index is -1.55. The minimum absolute atomic E-state index is 0.155. The molecular formula is C24H14ClF3N2O3. The maximum absolute atomic E-state index is 15.9. The zero-order valence-corrected chi connectivity index (χ0v) is 17.5. The van der Waals surface area contributed by atoms with Gasteiger partial charge in [0.15, 0.2) is 5.82 Å². The molecule has 1 aromatic heterocycles. The summed E-state index contributed by atoms with van der Waals surface area (Å²) in [6.07, 6.45) is 0.959. The molecule has 9 heteroatoms. The Hall–Kier alpha value is -3.78. The van der Waals surface area contributed by atoms with Gasteiger partial charge < -0.3 is 14.6 Å². The van der Waals surface area contributed by atoms with Crippen molar-refractivity contribution >= 4 is 34.2 Å². The highest BCUT2D eigenvalue weighted by Gasteiger charge is 2.29. The average molecular weight is 471 g/mol. The maximum Gasteiger partial charge on any atom is 0.341 e. The predicted octanol–water partition coefficient (Wildman–Crippen LogP) is 5.28. The van der Waals surface area contributed by atoms with Crippen LogP contribution in [0, 0.1) is 17.5 Å². The van der Waals surface area contributed by atoms with Crippen LogP contribution < -0.4 is 10.3 Å². The van der Waals surface area contributed by atoms with Gasteiger partial charge in [0, 0.05) is 30.0 Å². The Bertz CT molecular complexity index is 1520. The number of rotatable bonds is 3. The Morgan fingerprint density at radius 1 is 1.03 bits per heavy atom. The van der Waals surface area contributed by atoms with Crippen molar-refractivity contribution in [1.82, 2.24) is 4.57 Å². The normalized spacial score (nSPS) is 12.9. The average Bonchev–Trinajstić information content (AvgIpc) is 3.20. The molecule has 0 fully saturated rings. The Balaban J connectivity index is 1.79. The fourth-order valence-corrected chi connectivity index (χ4v) is 4.45. The van der Waals surface area contributed by atoms with Gasteiger partial charge in [-0.1, -0.05) is 23.7 Å². The van der Waals surface area contributed by atoms with E-state index >= 15 is 8.78 Å². The highest BCUT2D eigenvalue weighted by atomic mass is 35.5. The van der Waals surface area contributed by atoms with E-state index in [1.807, 2.05) is 6.07 Å². The third-order valence-corrected chi connectivity index (χ3v) is 6.09. The molecule has 33 heavy (non-hydrogen) atoms. The number of benzene rings is 3. The molecule has 0 amide bonds. The van der Waals surface area contributed by atoms with E-state index in [0.29, 0.717) is 5.02 Å². The number of aromatic carboxylic acids is 1. The number of hydrogen-bond donors (Lipinski definition) is 1. The lowest BCUT2D eigenvalue weighted by atomic mass is 10.1. The summed E-state index contributed by atoms with van der Waals surface area (Å²) in [7, 11) is 0. The summed E-state index contributed by atoms with van der Waals surface area (Å²) in [5, 5.41) is 9.49. The van der Waals surface area contributed by atoms with Gasteiger partial charge in [0.1, 0.15) is 22.9 Å². The van der Waals surface area contributed by atoms with Crippen molar-refractivity contribution in [2.45, 2.75) is 13.1 Å². The third-order valence-electron chi connectivity index (χ3n) is 5.73. The van der Waals surface area contributed by atoms with Crippen LogP contribution in [0.3, 0.4) is 0 Å². The molecule has 0 atom stereocenters. The first kappa shape index (κ1) is 21.1. The van der Waals surface area contributed by atoms with Crippen LogP contribution in [-0.4, -0.2) is 15.6 Å². The molecule has 0 aliphatic carbocycles. The van der Waals surface area contributed by atoms with Crippen LogP contribution in [0.2, 0.25) is 5.02 Å². The standard InChI is InChI=1S/C24H14ClF3N2O3/c25-18-3-1-2-12-9-29(10-16(12)18)22-19(27)8-15-21(20(22)28)30(11-17(23(15)31)24(32)33)14-6-4-13(26)5-7-14/h1-8,11H,9-10H2,(H,32,33). The summed E-state index contributed by atoms with van der Waals surface area (Å²) < 4.78 is 45.7. The summed E-state index contributed by atoms with van der Waals surface area (Å²) in [6.45, 7) is 0.353. The SMILES string of the molecule is O=C(O)c1cn(-c2ccc(F)cc2)c2c(F)c(N3Cc4cccc(Cl)c4C3)c(F)cc2c1=O. The number of halogens is 4. The van der Waals surface area contributed by atoms with Crippen molar-refractivity contribution in [3.8, 4) is 5.69 Å². The van der Waals surface area contributed by atoms with Gasteiger partial charge in [-0.3, -0.25) is 4.79 Å². The van der Waals surface area contributed by atoms with E-state index in [0.717, 1.165) is 40.1 Å². The summed E-state index contributed by atoms with van der Waals surface area (Å²) in [4.78, 5) is 25.8. The molecule has 4 aromatic rings. The summed E-state index contributed by atoms with van der Waals surface area (Å²) in [5.74, 6) is -4.14. The van der Waals surface area contributed by atoms with Crippen molar-refractivity contribution in [2.24, 2.45) is 0 Å². The molecule has 0 unspecified atom stereocenters. The Kier molecular flexibility index (Phi) is 4.90. The van der Waals surface area contributed by atoms with Crippen LogP contribution in [-0.2, 0) is 13.1 Å². The van der Waals surface area contributed by atoms with Crippen LogP contribution >= 0.6 is 11.6 Å². The van der Waals surface area contributed by atoms with E-state index in [9.17, 15) is 19.1 Å². The van der Waals surface area contributed by atoms with Gasteiger partial charge in [-0.2, -0.15) is 0 Å². The van der Waals surface area contributed by atoms with Crippen LogP contribution in [0.15, 0.2) is 59.5 Å². The van der Waals surface area contributed by atoms with E-state index in [1.165, 1.54) is 17.0 Å². The summed E-state index contributed by atoms with van der Waals surface area (Å²) in [5.41, 5.74) is -0.600. The van der Waals surface area contributed by atoms with Gasteiger partial charge >= 0.3 is 5.97 Å². The largest absolute Gasteiger partial charge is 0.477 e. The maximum atomic E-state index is 15.9. The van der Waals surface area contributed by atoms with Crippen molar-refractivity contribution in [1.29, 1.82) is 0 Å². The Morgan fingerprint density at radius 2 is 1.76 bits per heavy atom. The quantitative estimate of drug-likeness (QED) is 0.442. The fourth-order valence-electron chi connectivity index (χ4n) is 4.19. The van der Waals surface area contributed by atoms with E-state index in [-0.39, 0.29) is 30.0 Å². The molecule has 0 saturated carbocycles. The van der Waals surface area contributed by atoms with E-state index in [4.69, 9.17) is 11.6 Å². The predicted molar refractivity (Wildman–Crippen MR) is 118 cm³/mol. The van der Waals surface area contributed by atoms with E-state index < -0.39 is 39.8 Å². The molecule has 2 heterocycles. The molecule has 0 saturated heterocycles. The van der Waals surface area contributed by atoms with Gasteiger partial charge in [0.05, 0.1) is 10.9 Å². The molecule has 5 rings (SSSR count). The lowest BCUT2D eigenvalue weighted by Gasteiger charge is -2.22. The molecule has 1 aliphatic heterocycles. The zero-order chi connectivity index (χ0) is 23.4. The molecule has 3 aromatic carbocycles. The summed E-state index contributed by atoms with van der Waals surface area (Å²) in [6, 6.07) is 10.9. The Morgan fingerprint density at radius 3 is 2.42 bits per heavy atom. The molecule has 166 valence electrons. The third kappa shape index (κ3) is 3.34. The number of carboxylic acid groups (broad SMARTS) is 1. The van der Waals surface area contributed by atoms with Crippen molar-refractivity contribution < 1.29 is 23.1 Å². The second-order valence-corrected chi connectivity index (χ2v) is 8.08. The van der Waals surface area contributed by atoms with E-state index in [1.54, 1.807) is 12.1 Å². The smallest absolute Gasteiger partial charge is 0.341 e. The van der Waals surface area contributed by atoms with Crippen molar-refractivity contribution in [3.63, 3.8) is 0 Å². The number of hydrogen-bond acceptors (Lipinski definition) is 3.